The summed E-state index contributed by atoms with van der Waals surface area (Å²) in [5.74, 6) is 0.233. The van der Waals surface area contributed by atoms with Crippen LogP contribution in [0.5, 0.6) is 5.75 Å². The van der Waals surface area contributed by atoms with E-state index in [9.17, 15) is 5.11 Å². The molecule has 0 atom stereocenters. The summed E-state index contributed by atoms with van der Waals surface area (Å²) in [4.78, 5) is 7.11. The summed E-state index contributed by atoms with van der Waals surface area (Å²) >= 11 is 6.31. The molecule has 0 fully saturated rings. The Labute approximate surface area is 170 Å². The van der Waals surface area contributed by atoms with Crippen LogP contribution in [-0.2, 0) is 6.42 Å². The smallest absolute Gasteiger partial charge is 0.115 e. The van der Waals surface area contributed by atoms with Crippen LogP contribution >= 0.6 is 11.6 Å². The van der Waals surface area contributed by atoms with E-state index in [-0.39, 0.29) is 5.75 Å². The molecule has 0 spiro atoms. The lowest BCUT2D eigenvalue weighted by atomic mass is 10.00. The first-order chi connectivity index (χ1) is 13.5. The van der Waals surface area contributed by atoms with Crippen molar-refractivity contribution in [2.75, 3.05) is 11.9 Å². The van der Waals surface area contributed by atoms with Gasteiger partial charge in [-0.2, -0.15) is 0 Å². The van der Waals surface area contributed by atoms with Gasteiger partial charge in [0.25, 0.3) is 0 Å². The van der Waals surface area contributed by atoms with Gasteiger partial charge in [0.05, 0.1) is 17.1 Å². The van der Waals surface area contributed by atoms with Crippen molar-refractivity contribution in [3.63, 3.8) is 0 Å². The van der Waals surface area contributed by atoms with Crippen LogP contribution in [0.4, 0.5) is 5.69 Å². The van der Waals surface area contributed by atoms with Crippen molar-refractivity contribution in [3.05, 3.63) is 106 Å². The second kappa shape index (κ2) is 7.53. The highest BCUT2D eigenvalue weighted by atomic mass is 35.5. The summed E-state index contributed by atoms with van der Waals surface area (Å²) < 4.78 is 0. The average Bonchev–Trinajstić information content (AvgIpc) is 2.81. The number of allylic oxidation sites excluding steroid dienone is 1. The van der Waals surface area contributed by atoms with Gasteiger partial charge in [-0.25, -0.2) is 0 Å². The van der Waals surface area contributed by atoms with Crippen LogP contribution in [0.3, 0.4) is 0 Å². The zero-order valence-electron chi connectivity index (χ0n) is 15.9. The van der Waals surface area contributed by atoms with Crippen molar-refractivity contribution in [1.29, 1.82) is 0 Å². The quantitative estimate of drug-likeness (QED) is 0.622. The van der Waals surface area contributed by atoms with E-state index in [4.69, 9.17) is 16.6 Å². The molecule has 3 aromatic carbocycles. The molecule has 4 rings (SSSR count). The van der Waals surface area contributed by atoms with Gasteiger partial charge in [-0.1, -0.05) is 41.4 Å². The second-order valence-electron chi connectivity index (χ2n) is 7.06. The molecule has 0 aromatic heterocycles. The van der Waals surface area contributed by atoms with Crippen molar-refractivity contribution in [3.8, 4) is 5.75 Å². The SMILES string of the molecule is Cc1ccc(CC2=CN(C)c3ccc(Cl)cc3C(c3ccc(O)cc3)=N2)cc1. The van der Waals surface area contributed by atoms with Crippen molar-refractivity contribution < 1.29 is 5.11 Å². The molecule has 1 heterocycles. The topological polar surface area (TPSA) is 35.8 Å². The molecule has 0 unspecified atom stereocenters. The molecule has 0 radical (unpaired) electrons. The molecule has 1 aliphatic rings. The van der Waals surface area contributed by atoms with Gasteiger partial charge in [0.2, 0.25) is 0 Å². The lowest BCUT2D eigenvalue weighted by Gasteiger charge is -2.17. The molecule has 0 aliphatic carbocycles. The highest BCUT2D eigenvalue weighted by Crippen LogP contribution is 2.31. The largest absolute Gasteiger partial charge is 0.508 e. The first kappa shape index (κ1) is 18.3. The Morgan fingerprint density at radius 1 is 0.964 bits per heavy atom. The normalized spacial score (nSPS) is 13.5. The van der Waals surface area contributed by atoms with E-state index in [1.807, 2.05) is 37.4 Å². The molecule has 0 amide bonds. The Bertz CT molecular complexity index is 1070. The zero-order valence-corrected chi connectivity index (χ0v) is 16.6. The number of halogens is 1. The number of anilines is 1. The number of benzene rings is 3. The highest BCUT2D eigenvalue weighted by Gasteiger charge is 2.19. The number of fused-ring (bicyclic) bond motifs is 1. The molecule has 3 nitrogen and oxygen atoms in total. The van der Waals surface area contributed by atoms with Crippen molar-refractivity contribution >= 4 is 23.0 Å². The molecule has 28 heavy (non-hydrogen) atoms. The van der Waals surface area contributed by atoms with Gasteiger partial charge >= 0.3 is 0 Å². The van der Waals surface area contributed by atoms with E-state index in [0.29, 0.717) is 5.02 Å². The third kappa shape index (κ3) is 3.80. The van der Waals surface area contributed by atoms with Crippen LogP contribution in [0.25, 0.3) is 0 Å². The van der Waals surface area contributed by atoms with E-state index in [0.717, 1.165) is 34.6 Å². The number of phenols is 1. The molecule has 0 saturated carbocycles. The van der Waals surface area contributed by atoms with Gasteiger partial charge in [-0.15, -0.1) is 0 Å². The molecule has 3 aromatic rings. The predicted molar refractivity (Wildman–Crippen MR) is 117 cm³/mol. The fraction of sp³-hybridized carbons (Fsp3) is 0.125. The van der Waals surface area contributed by atoms with Crippen LogP contribution < -0.4 is 4.90 Å². The maximum absolute atomic E-state index is 9.68. The number of rotatable bonds is 3. The molecule has 1 aliphatic heterocycles. The minimum absolute atomic E-state index is 0.233. The molecule has 140 valence electrons. The van der Waals surface area contributed by atoms with Gasteiger partial charge < -0.3 is 10.0 Å². The lowest BCUT2D eigenvalue weighted by molar-refractivity contribution is 0.475. The van der Waals surface area contributed by atoms with E-state index < -0.39 is 0 Å². The molecular formula is C24H21ClN2O. The number of aromatic hydroxyl groups is 1. The Morgan fingerprint density at radius 3 is 2.39 bits per heavy atom. The Kier molecular flexibility index (Phi) is 4.93. The number of hydrogen-bond donors (Lipinski definition) is 1. The standard InChI is InChI=1S/C24H21ClN2O/c1-16-3-5-17(6-4-16)13-20-15-27(2)23-12-9-19(25)14-22(23)24(26-20)18-7-10-21(28)11-8-18/h3-12,14-15,28H,13H2,1-2H3. The fourth-order valence-electron chi connectivity index (χ4n) is 3.37. The third-order valence-corrected chi connectivity index (χ3v) is 5.07. The second-order valence-corrected chi connectivity index (χ2v) is 7.50. The summed E-state index contributed by atoms with van der Waals surface area (Å²) in [6, 6.07) is 21.5. The van der Waals surface area contributed by atoms with E-state index in [2.05, 4.69) is 42.3 Å². The maximum Gasteiger partial charge on any atom is 0.115 e. The minimum Gasteiger partial charge on any atom is -0.508 e. The first-order valence-corrected chi connectivity index (χ1v) is 9.54. The van der Waals surface area contributed by atoms with Gasteiger partial charge in [0.1, 0.15) is 5.75 Å². The Morgan fingerprint density at radius 2 is 1.68 bits per heavy atom. The highest BCUT2D eigenvalue weighted by molar-refractivity contribution is 6.31. The lowest BCUT2D eigenvalue weighted by Crippen LogP contribution is -2.12. The van der Waals surface area contributed by atoms with E-state index in [1.165, 1.54) is 11.1 Å². The molecular weight excluding hydrogens is 368 g/mol. The fourth-order valence-corrected chi connectivity index (χ4v) is 3.54. The molecule has 0 bridgehead atoms. The van der Waals surface area contributed by atoms with Crippen molar-refractivity contribution in [2.24, 2.45) is 4.99 Å². The Hall–Kier alpha value is -3.04. The molecule has 4 heteroatoms. The minimum atomic E-state index is 0.233. The summed E-state index contributed by atoms with van der Waals surface area (Å²) in [5, 5.41) is 10.3. The van der Waals surface area contributed by atoms with Crippen LogP contribution in [-0.4, -0.2) is 17.9 Å². The van der Waals surface area contributed by atoms with Gasteiger partial charge in [-0.05, 0) is 55.0 Å². The number of hydrogen-bond acceptors (Lipinski definition) is 3. The summed E-state index contributed by atoms with van der Waals surface area (Å²) in [5.41, 5.74) is 7.20. The van der Waals surface area contributed by atoms with Gasteiger partial charge in [0.15, 0.2) is 0 Å². The van der Waals surface area contributed by atoms with Crippen LogP contribution in [0.15, 0.2) is 83.6 Å². The summed E-state index contributed by atoms with van der Waals surface area (Å²) in [6.07, 6.45) is 2.80. The van der Waals surface area contributed by atoms with Gasteiger partial charge in [0, 0.05) is 35.8 Å². The number of aliphatic imine (C=N–C) groups is 1. The predicted octanol–water partition coefficient (Wildman–Crippen LogP) is 5.73. The first-order valence-electron chi connectivity index (χ1n) is 9.17. The Balaban J connectivity index is 1.83. The zero-order chi connectivity index (χ0) is 19.7. The summed E-state index contributed by atoms with van der Waals surface area (Å²) in [6.45, 7) is 2.09. The van der Waals surface area contributed by atoms with E-state index >= 15 is 0 Å². The number of aryl methyl sites for hydroxylation is 1. The van der Waals surface area contributed by atoms with Crippen molar-refractivity contribution in [2.45, 2.75) is 13.3 Å². The van der Waals surface area contributed by atoms with Crippen molar-refractivity contribution in [1.82, 2.24) is 0 Å². The van der Waals surface area contributed by atoms with Crippen LogP contribution in [0, 0.1) is 6.92 Å². The van der Waals surface area contributed by atoms with Crippen LogP contribution in [0.1, 0.15) is 22.3 Å². The monoisotopic (exact) mass is 388 g/mol. The van der Waals surface area contributed by atoms with Gasteiger partial charge in [-0.3, -0.25) is 4.99 Å². The molecule has 0 saturated heterocycles. The molecule has 1 N–H and O–H groups in total. The third-order valence-electron chi connectivity index (χ3n) is 4.84. The number of phenolic OH excluding ortho intramolecular Hbond substituents is 1. The summed E-state index contributed by atoms with van der Waals surface area (Å²) in [7, 11) is 2.02. The average molecular weight is 389 g/mol. The number of nitrogens with zero attached hydrogens (tertiary/aromatic N) is 2. The van der Waals surface area contributed by atoms with Crippen LogP contribution in [0.2, 0.25) is 5.02 Å². The maximum atomic E-state index is 9.68. The van der Waals surface area contributed by atoms with E-state index in [1.54, 1.807) is 12.1 Å².